The molecule has 0 spiro atoms. The molecule has 0 unspecified atom stereocenters. The number of ether oxygens (including phenoxy) is 1. The zero-order chi connectivity index (χ0) is 18.1. The molecule has 1 saturated carbocycles. The first kappa shape index (κ1) is 19.6. The van der Waals surface area contributed by atoms with Crippen LogP contribution in [-0.4, -0.2) is 24.8 Å². The second-order valence-corrected chi connectivity index (χ2v) is 6.46. The van der Waals surface area contributed by atoms with Crippen LogP contribution in [0.5, 0.6) is 0 Å². The van der Waals surface area contributed by atoms with E-state index in [2.05, 4.69) is 15.0 Å². The van der Waals surface area contributed by atoms with E-state index in [0.717, 1.165) is 18.4 Å². The highest BCUT2D eigenvalue weighted by Crippen LogP contribution is 2.17. The van der Waals surface area contributed by atoms with Crippen LogP contribution in [0.2, 0.25) is 0 Å². The smallest absolute Gasteiger partial charge is 0.370 e. The van der Waals surface area contributed by atoms with E-state index in [9.17, 15) is 13.2 Å². The summed E-state index contributed by atoms with van der Waals surface area (Å²) in [5.41, 5.74) is 7.60. The zero-order valence-electron chi connectivity index (χ0n) is 14.3. The lowest BCUT2D eigenvalue weighted by Gasteiger charge is -2.16. The Labute approximate surface area is 146 Å². The largest absolute Gasteiger partial charge is 0.411 e. The number of benzene rings is 1. The van der Waals surface area contributed by atoms with Gasteiger partial charge in [-0.25, -0.2) is 4.99 Å². The van der Waals surface area contributed by atoms with E-state index >= 15 is 0 Å². The van der Waals surface area contributed by atoms with Gasteiger partial charge in [-0.3, -0.25) is 0 Å². The third kappa shape index (κ3) is 8.25. The minimum Gasteiger partial charge on any atom is -0.370 e. The van der Waals surface area contributed by atoms with E-state index in [0.29, 0.717) is 24.1 Å². The van der Waals surface area contributed by atoms with Crippen LogP contribution in [0.3, 0.4) is 0 Å². The first-order valence-corrected chi connectivity index (χ1v) is 8.71. The number of aliphatic imine (C=N–C) groups is 1. The lowest BCUT2D eigenvalue weighted by atomic mass is 10.1. The first-order valence-electron chi connectivity index (χ1n) is 8.71. The molecule has 0 bridgehead atoms. The van der Waals surface area contributed by atoms with E-state index in [4.69, 9.17) is 5.73 Å². The molecule has 25 heavy (non-hydrogen) atoms. The Hall–Kier alpha value is -1.76. The summed E-state index contributed by atoms with van der Waals surface area (Å²) in [6.45, 7) is -0.855. The van der Waals surface area contributed by atoms with E-state index in [1.165, 1.54) is 25.7 Å². The summed E-state index contributed by atoms with van der Waals surface area (Å²) >= 11 is 0. The molecule has 1 aliphatic rings. The molecule has 0 amide bonds. The van der Waals surface area contributed by atoms with Crippen LogP contribution < -0.4 is 11.1 Å². The number of halogens is 3. The van der Waals surface area contributed by atoms with Crippen molar-refractivity contribution >= 4 is 5.96 Å². The predicted octanol–water partition coefficient (Wildman–Crippen LogP) is 3.89. The molecule has 1 fully saturated rings. The van der Waals surface area contributed by atoms with Gasteiger partial charge in [-0.15, -0.1) is 0 Å². The molecule has 0 aromatic heterocycles. The predicted molar refractivity (Wildman–Crippen MR) is 92.1 cm³/mol. The van der Waals surface area contributed by atoms with Gasteiger partial charge in [0.15, 0.2) is 5.96 Å². The van der Waals surface area contributed by atoms with Crippen molar-refractivity contribution in [3.8, 4) is 0 Å². The summed E-state index contributed by atoms with van der Waals surface area (Å²) in [4.78, 5) is 4.35. The summed E-state index contributed by atoms with van der Waals surface area (Å²) in [5, 5.41) is 3.28. The van der Waals surface area contributed by atoms with E-state index in [-0.39, 0.29) is 6.61 Å². The van der Waals surface area contributed by atoms with Gasteiger partial charge in [0, 0.05) is 6.04 Å². The van der Waals surface area contributed by atoms with E-state index in [1.807, 2.05) is 12.1 Å². The Balaban J connectivity index is 1.76. The average Bonchev–Trinajstić information content (AvgIpc) is 2.81. The number of rotatable bonds is 6. The molecule has 1 aromatic carbocycles. The van der Waals surface area contributed by atoms with Gasteiger partial charge < -0.3 is 15.8 Å². The SMILES string of the molecule is NC(=NCc1ccc(COCC(F)(F)F)cc1)NC1CCCCCC1. The molecule has 0 saturated heterocycles. The maximum atomic E-state index is 12.0. The molecule has 0 atom stereocenters. The van der Waals surface area contributed by atoms with Gasteiger partial charge in [-0.1, -0.05) is 49.9 Å². The monoisotopic (exact) mass is 357 g/mol. The lowest BCUT2D eigenvalue weighted by Crippen LogP contribution is -2.39. The van der Waals surface area contributed by atoms with Gasteiger partial charge in [0.2, 0.25) is 0 Å². The van der Waals surface area contributed by atoms with Crippen LogP contribution in [0.15, 0.2) is 29.3 Å². The van der Waals surface area contributed by atoms with Gasteiger partial charge in [0.25, 0.3) is 0 Å². The van der Waals surface area contributed by atoms with Crippen LogP contribution in [0.25, 0.3) is 0 Å². The fraction of sp³-hybridized carbons (Fsp3) is 0.611. The Morgan fingerprint density at radius 3 is 2.28 bits per heavy atom. The fourth-order valence-corrected chi connectivity index (χ4v) is 2.88. The summed E-state index contributed by atoms with van der Waals surface area (Å²) in [6, 6.07) is 7.55. The molecule has 0 heterocycles. The summed E-state index contributed by atoms with van der Waals surface area (Å²) < 4.78 is 40.7. The zero-order valence-corrected chi connectivity index (χ0v) is 14.3. The van der Waals surface area contributed by atoms with Crippen molar-refractivity contribution in [1.29, 1.82) is 0 Å². The number of alkyl halides is 3. The minimum atomic E-state index is -4.30. The first-order chi connectivity index (χ1) is 11.9. The summed E-state index contributed by atoms with van der Waals surface area (Å²) in [7, 11) is 0. The molecule has 0 aliphatic heterocycles. The quantitative estimate of drug-likeness (QED) is 0.461. The average molecular weight is 357 g/mol. The number of nitrogens with zero attached hydrogens (tertiary/aromatic N) is 1. The topological polar surface area (TPSA) is 59.6 Å². The van der Waals surface area contributed by atoms with Gasteiger partial charge in [0.05, 0.1) is 13.2 Å². The van der Waals surface area contributed by atoms with Crippen molar-refractivity contribution in [2.75, 3.05) is 6.61 Å². The molecular weight excluding hydrogens is 331 g/mol. The highest BCUT2D eigenvalue weighted by atomic mass is 19.4. The number of hydrogen-bond donors (Lipinski definition) is 2. The van der Waals surface area contributed by atoms with Crippen LogP contribution in [0.4, 0.5) is 13.2 Å². The Kier molecular flexibility index (Phi) is 7.55. The molecule has 140 valence electrons. The fourth-order valence-electron chi connectivity index (χ4n) is 2.88. The van der Waals surface area contributed by atoms with Crippen molar-refractivity contribution in [2.24, 2.45) is 10.7 Å². The summed E-state index contributed by atoms with van der Waals surface area (Å²) in [5.74, 6) is 0.449. The van der Waals surface area contributed by atoms with Crippen molar-refractivity contribution in [3.05, 3.63) is 35.4 Å². The standard InChI is InChI=1S/C18H26F3N3O/c19-18(20,21)13-25-12-15-9-7-14(8-10-15)11-23-17(22)24-16-5-3-1-2-4-6-16/h7-10,16H,1-6,11-13H2,(H3,22,23,24). The highest BCUT2D eigenvalue weighted by molar-refractivity contribution is 5.78. The van der Waals surface area contributed by atoms with Crippen molar-refractivity contribution in [3.63, 3.8) is 0 Å². The van der Waals surface area contributed by atoms with Crippen LogP contribution in [0.1, 0.15) is 49.7 Å². The Bertz CT molecular complexity index is 535. The molecule has 7 heteroatoms. The van der Waals surface area contributed by atoms with Crippen LogP contribution >= 0.6 is 0 Å². The number of nitrogens with one attached hydrogen (secondary N) is 1. The van der Waals surface area contributed by atoms with Gasteiger partial charge in [-0.2, -0.15) is 13.2 Å². The number of nitrogens with two attached hydrogens (primary N) is 1. The van der Waals surface area contributed by atoms with Gasteiger partial charge in [-0.05, 0) is 24.0 Å². The maximum Gasteiger partial charge on any atom is 0.411 e. The van der Waals surface area contributed by atoms with Gasteiger partial charge >= 0.3 is 6.18 Å². The third-order valence-electron chi connectivity index (χ3n) is 4.20. The third-order valence-corrected chi connectivity index (χ3v) is 4.20. The molecule has 0 radical (unpaired) electrons. The van der Waals surface area contributed by atoms with Crippen molar-refractivity contribution in [1.82, 2.24) is 5.32 Å². The second kappa shape index (κ2) is 9.65. The molecule has 1 aromatic rings. The summed E-state index contributed by atoms with van der Waals surface area (Å²) in [6.07, 6.45) is 2.98. The molecule has 4 nitrogen and oxygen atoms in total. The Morgan fingerprint density at radius 2 is 1.68 bits per heavy atom. The van der Waals surface area contributed by atoms with Crippen molar-refractivity contribution < 1.29 is 17.9 Å². The number of hydrogen-bond acceptors (Lipinski definition) is 2. The van der Waals surface area contributed by atoms with Gasteiger partial charge in [0.1, 0.15) is 6.61 Å². The van der Waals surface area contributed by atoms with E-state index in [1.54, 1.807) is 12.1 Å². The molecule has 2 rings (SSSR count). The Morgan fingerprint density at radius 1 is 1.08 bits per heavy atom. The second-order valence-electron chi connectivity index (χ2n) is 6.46. The van der Waals surface area contributed by atoms with Crippen LogP contribution in [0, 0.1) is 0 Å². The van der Waals surface area contributed by atoms with Crippen molar-refractivity contribution in [2.45, 2.75) is 63.9 Å². The normalized spacial score (nSPS) is 17.3. The maximum absolute atomic E-state index is 12.0. The minimum absolute atomic E-state index is 0.0611. The number of guanidine groups is 1. The molecule has 1 aliphatic carbocycles. The van der Waals surface area contributed by atoms with Crippen LogP contribution in [-0.2, 0) is 17.9 Å². The molecular formula is C18H26F3N3O. The highest BCUT2D eigenvalue weighted by Gasteiger charge is 2.27. The van der Waals surface area contributed by atoms with E-state index < -0.39 is 12.8 Å². The molecule has 3 N–H and O–H groups in total. The lowest BCUT2D eigenvalue weighted by molar-refractivity contribution is -0.176.